The van der Waals surface area contributed by atoms with Gasteiger partial charge in [0, 0.05) is 0 Å². The minimum Gasteiger partial charge on any atom is -0.497 e. The van der Waals surface area contributed by atoms with Gasteiger partial charge in [0.25, 0.3) is 11.5 Å². The van der Waals surface area contributed by atoms with E-state index in [4.69, 9.17) is 9.15 Å². The molecule has 2 heterocycles. The third-order valence-corrected chi connectivity index (χ3v) is 5.90. The molecule has 33 heavy (non-hydrogen) atoms. The van der Waals surface area contributed by atoms with E-state index in [9.17, 15) is 14.9 Å². The molecule has 0 atom stereocenters. The summed E-state index contributed by atoms with van der Waals surface area (Å²) in [6.45, 7) is 0.128. The molecule has 164 valence electrons. The summed E-state index contributed by atoms with van der Waals surface area (Å²) >= 11 is 1.09. The molecule has 0 aliphatic carbocycles. The van der Waals surface area contributed by atoms with Gasteiger partial charge < -0.3 is 14.5 Å². The number of thiazole rings is 1. The van der Waals surface area contributed by atoms with Crippen LogP contribution < -0.4 is 24.8 Å². The molecule has 0 unspecified atom stereocenters. The first-order chi connectivity index (χ1) is 16.1. The first kappa shape index (κ1) is 21.9. The quantitative estimate of drug-likeness (QED) is 0.479. The van der Waals surface area contributed by atoms with Gasteiger partial charge in [0.15, 0.2) is 5.57 Å². The molecule has 8 heteroatoms. The van der Waals surface area contributed by atoms with Crippen molar-refractivity contribution in [1.29, 1.82) is 5.26 Å². The van der Waals surface area contributed by atoms with E-state index in [0.717, 1.165) is 16.9 Å². The maximum Gasteiger partial charge on any atom is 0.273 e. The number of nitriles is 1. The van der Waals surface area contributed by atoms with Crippen LogP contribution in [0.15, 0.2) is 82.2 Å². The molecule has 1 N–H and O–H groups in total. The number of para-hydroxylation sites is 1. The zero-order chi connectivity index (χ0) is 23.2. The monoisotopic (exact) mass is 457 g/mol. The molecule has 0 aliphatic heterocycles. The summed E-state index contributed by atoms with van der Waals surface area (Å²) in [5.74, 6) is 0.672. The molecule has 0 bridgehead atoms. The molecule has 0 saturated heterocycles. The minimum absolute atomic E-state index is 0.128. The SMILES string of the molecule is COc1ccc(C=c2sc(=C(C#N)C(=O)NCc3ccco3)n(-c3ccccc3)c2=O)cc1. The van der Waals surface area contributed by atoms with Crippen LogP contribution in [0.1, 0.15) is 11.3 Å². The van der Waals surface area contributed by atoms with Gasteiger partial charge in [0.2, 0.25) is 0 Å². The third kappa shape index (κ3) is 4.79. The van der Waals surface area contributed by atoms with E-state index in [-0.39, 0.29) is 22.3 Å². The number of methoxy groups -OCH3 is 1. The molecule has 1 amide bonds. The second kappa shape index (κ2) is 9.85. The molecular weight excluding hydrogens is 438 g/mol. The Morgan fingerprint density at radius 2 is 1.91 bits per heavy atom. The van der Waals surface area contributed by atoms with Crippen LogP contribution >= 0.6 is 11.3 Å². The number of carbonyl (C=O) groups excluding carboxylic acids is 1. The van der Waals surface area contributed by atoms with Crippen molar-refractivity contribution in [3.8, 4) is 17.5 Å². The van der Waals surface area contributed by atoms with Gasteiger partial charge in [0.05, 0.1) is 30.1 Å². The minimum atomic E-state index is -0.587. The summed E-state index contributed by atoms with van der Waals surface area (Å²) < 4.78 is 12.5. The van der Waals surface area contributed by atoms with E-state index in [2.05, 4.69) is 5.32 Å². The smallest absolute Gasteiger partial charge is 0.273 e. The summed E-state index contributed by atoms with van der Waals surface area (Å²) in [5, 5.41) is 12.5. The number of nitrogens with one attached hydrogen (secondary N) is 1. The Morgan fingerprint density at radius 3 is 2.55 bits per heavy atom. The molecule has 4 aromatic rings. The number of furan rings is 1. The maximum absolute atomic E-state index is 13.4. The van der Waals surface area contributed by atoms with E-state index >= 15 is 0 Å². The Bertz CT molecular complexity index is 1480. The Balaban J connectivity index is 1.87. The molecule has 0 radical (unpaired) electrons. The Labute approximate surface area is 193 Å². The number of benzene rings is 2. The van der Waals surface area contributed by atoms with Crippen molar-refractivity contribution in [2.75, 3.05) is 7.11 Å². The topological polar surface area (TPSA) is 97.3 Å². The summed E-state index contributed by atoms with van der Waals surface area (Å²) in [6.07, 6.45) is 3.23. The van der Waals surface area contributed by atoms with Crippen LogP contribution in [0.3, 0.4) is 0 Å². The van der Waals surface area contributed by atoms with Crippen LogP contribution in [-0.2, 0) is 11.3 Å². The zero-order valence-electron chi connectivity index (χ0n) is 17.6. The Kier molecular flexibility index (Phi) is 6.53. The van der Waals surface area contributed by atoms with E-state index in [1.165, 1.54) is 10.8 Å². The van der Waals surface area contributed by atoms with Gasteiger partial charge in [-0.15, -0.1) is 11.3 Å². The summed E-state index contributed by atoms with van der Waals surface area (Å²) in [6, 6.07) is 21.6. The predicted octanol–water partition coefficient (Wildman–Crippen LogP) is 2.32. The van der Waals surface area contributed by atoms with Gasteiger partial charge in [0.1, 0.15) is 22.2 Å². The van der Waals surface area contributed by atoms with Crippen molar-refractivity contribution in [2.45, 2.75) is 6.54 Å². The highest BCUT2D eigenvalue weighted by molar-refractivity contribution is 7.07. The molecular formula is C25H19N3O4S. The van der Waals surface area contributed by atoms with Crippen molar-refractivity contribution in [1.82, 2.24) is 9.88 Å². The third-order valence-electron chi connectivity index (χ3n) is 4.81. The highest BCUT2D eigenvalue weighted by Gasteiger charge is 2.17. The average molecular weight is 458 g/mol. The zero-order valence-corrected chi connectivity index (χ0v) is 18.5. The molecule has 0 fully saturated rings. The standard InChI is InChI=1S/C25H19N3O4S/c1-31-19-11-9-17(10-12-19)14-22-24(30)28(18-6-3-2-4-7-18)25(33-22)21(15-26)23(29)27-16-20-8-5-13-32-20/h2-14H,16H2,1H3,(H,27,29). The Morgan fingerprint density at radius 1 is 1.15 bits per heavy atom. The van der Waals surface area contributed by atoms with Crippen LogP contribution in [0.5, 0.6) is 5.75 Å². The lowest BCUT2D eigenvalue weighted by Crippen LogP contribution is -2.33. The van der Waals surface area contributed by atoms with Gasteiger partial charge in [-0.1, -0.05) is 30.3 Å². The van der Waals surface area contributed by atoms with Crippen LogP contribution in [0.4, 0.5) is 0 Å². The summed E-state index contributed by atoms with van der Waals surface area (Å²) in [7, 11) is 1.58. The molecule has 7 nitrogen and oxygen atoms in total. The molecule has 4 rings (SSSR count). The molecule has 0 spiro atoms. The number of amides is 1. The number of carbonyl (C=O) groups is 1. The summed E-state index contributed by atoms with van der Waals surface area (Å²) in [4.78, 5) is 26.2. The molecule has 0 saturated carbocycles. The van der Waals surface area contributed by atoms with Crippen molar-refractivity contribution in [3.05, 3.63) is 104 Å². The fraction of sp³-hybridized carbons (Fsp3) is 0.0800. The molecule has 2 aromatic heterocycles. The van der Waals surface area contributed by atoms with Gasteiger partial charge >= 0.3 is 0 Å². The second-order valence-electron chi connectivity index (χ2n) is 6.91. The first-order valence-electron chi connectivity index (χ1n) is 9.98. The van der Waals surface area contributed by atoms with Crippen molar-refractivity contribution < 1.29 is 13.9 Å². The lowest BCUT2D eigenvalue weighted by Gasteiger charge is -2.04. The van der Waals surface area contributed by atoms with Gasteiger partial charge in [-0.3, -0.25) is 14.2 Å². The lowest BCUT2D eigenvalue weighted by atomic mass is 10.2. The van der Waals surface area contributed by atoms with Crippen molar-refractivity contribution >= 4 is 28.9 Å². The first-order valence-corrected chi connectivity index (χ1v) is 10.8. The largest absolute Gasteiger partial charge is 0.497 e. The van der Waals surface area contributed by atoms with Crippen molar-refractivity contribution in [3.63, 3.8) is 0 Å². The van der Waals surface area contributed by atoms with E-state index < -0.39 is 5.91 Å². The van der Waals surface area contributed by atoms with Crippen LogP contribution in [0.2, 0.25) is 0 Å². The highest BCUT2D eigenvalue weighted by Crippen LogP contribution is 2.11. The van der Waals surface area contributed by atoms with Crippen LogP contribution in [0, 0.1) is 11.3 Å². The predicted molar refractivity (Wildman–Crippen MR) is 125 cm³/mol. The number of ether oxygens (including phenoxy) is 1. The normalized spacial score (nSPS) is 12.2. The number of hydrogen-bond donors (Lipinski definition) is 1. The lowest BCUT2D eigenvalue weighted by molar-refractivity contribution is -0.115. The number of rotatable bonds is 6. The number of nitrogens with zero attached hydrogens (tertiary/aromatic N) is 2. The maximum atomic E-state index is 13.4. The van der Waals surface area contributed by atoms with E-state index in [0.29, 0.717) is 21.7 Å². The van der Waals surface area contributed by atoms with Crippen molar-refractivity contribution in [2.24, 2.45) is 0 Å². The molecule has 0 aliphatic rings. The van der Waals surface area contributed by atoms with Gasteiger partial charge in [-0.25, -0.2) is 0 Å². The molecule has 2 aromatic carbocycles. The number of hydrogen-bond acceptors (Lipinski definition) is 6. The van der Waals surface area contributed by atoms with E-state index in [1.54, 1.807) is 61.7 Å². The average Bonchev–Trinajstić information content (AvgIpc) is 3.48. The van der Waals surface area contributed by atoms with Gasteiger partial charge in [-0.2, -0.15) is 5.26 Å². The number of aromatic nitrogens is 1. The highest BCUT2D eigenvalue weighted by atomic mass is 32.1. The fourth-order valence-electron chi connectivity index (χ4n) is 3.18. The summed E-state index contributed by atoms with van der Waals surface area (Å²) in [5.41, 5.74) is 0.891. The van der Waals surface area contributed by atoms with Crippen LogP contribution in [0.25, 0.3) is 17.3 Å². The Hall–Kier alpha value is -4.35. The fourth-order valence-corrected chi connectivity index (χ4v) is 4.28. The van der Waals surface area contributed by atoms with Crippen LogP contribution in [-0.4, -0.2) is 17.6 Å². The van der Waals surface area contributed by atoms with E-state index in [1.807, 2.05) is 24.3 Å². The van der Waals surface area contributed by atoms with Gasteiger partial charge in [-0.05, 0) is 48.0 Å². The second-order valence-corrected chi connectivity index (χ2v) is 7.94.